The molecule has 0 saturated carbocycles. The molecule has 4 nitrogen and oxygen atoms in total. The molecule has 0 aromatic heterocycles. The van der Waals surface area contributed by atoms with Crippen LogP contribution in [0, 0.1) is 0 Å². The second-order valence-corrected chi connectivity index (χ2v) is 5.60. The van der Waals surface area contributed by atoms with E-state index in [0.29, 0.717) is 18.6 Å². The number of rotatable bonds is 3. The average Bonchev–Trinajstić information content (AvgIpc) is 2.63. The van der Waals surface area contributed by atoms with Crippen LogP contribution < -0.4 is 5.32 Å². The van der Waals surface area contributed by atoms with E-state index in [2.05, 4.69) is 10.2 Å². The Hall–Kier alpha value is -1.39. The summed E-state index contributed by atoms with van der Waals surface area (Å²) in [5.41, 5.74) is 0.844. The van der Waals surface area contributed by atoms with Gasteiger partial charge in [-0.25, -0.2) is 0 Å². The first-order chi connectivity index (χ1) is 9.22. The molecule has 2 fully saturated rings. The summed E-state index contributed by atoms with van der Waals surface area (Å²) in [4.78, 5) is 14.3. The van der Waals surface area contributed by atoms with E-state index in [1.165, 1.54) is 0 Å². The fraction of sp³-hybridized carbons (Fsp3) is 0.533. The largest absolute Gasteiger partial charge is 0.393 e. The number of amides is 1. The minimum atomic E-state index is -0.175. The molecule has 2 unspecified atom stereocenters. The van der Waals surface area contributed by atoms with Gasteiger partial charge in [-0.05, 0) is 37.8 Å². The van der Waals surface area contributed by atoms with Gasteiger partial charge >= 0.3 is 0 Å². The maximum Gasteiger partial charge on any atom is 0.238 e. The number of anilines is 1. The van der Waals surface area contributed by atoms with E-state index in [1.807, 2.05) is 30.3 Å². The number of carbonyl (C=O) groups is 1. The quantitative estimate of drug-likeness (QED) is 0.868. The standard InChI is InChI=1S/C15H20N2O2/c18-14-8-12-6-7-13(9-14)17(12)10-15(19)16-11-4-2-1-3-5-11/h1-5,12-14,18H,6-10H2,(H,16,19). The molecule has 2 heterocycles. The van der Waals surface area contributed by atoms with Gasteiger partial charge in [-0.1, -0.05) is 18.2 Å². The van der Waals surface area contributed by atoms with Crippen LogP contribution in [-0.4, -0.2) is 40.6 Å². The predicted molar refractivity (Wildman–Crippen MR) is 73.8 cm³/mol. The molecule has 0 aliphatic carbocycles. The van der Waals surface area contributed by atoms with Crippen LogP contribution in [0.2, 0.25) is 0 Å². The van der Waals surface area contributed by atoms with E-state index >= 15 is 0 Å². The van der Waals surface area contributed by atoms with Gasteiger partial charge in [-0.2, -0.15) is 0 Å². The van der Waals surface area contributed by atoms with Crippen LogP contribution >= 0.6 is 0 Å². The van der Waals surface area contributed by atoms with Crippen LogP contribution in [0.25, 0.3) is 0 Å². The average molecular weight is 260 g/mol. The summed E-state index contributed by atoms with van der Waals surface area (Å²) in [6, 6.07) is 10.3. The highest BCUT2D eigenvalue weighted by Crippen LogP contribution is 2.35. The Bertz CT molecular complexity index is 435. The van der Waals surface area contributed by atoms with Crippen molar-refractivity contribution in [1.82, 2.24) is 4.90 Å². The number of hydrogen-bond donors (Lipinski definition) is 2. The maximum atomic E-state index is 12.1. The van der Waals surface area contributed by atoms with Gasteiger partial charge in [-0.15, -0.1) is 0 Å². The smallest absolute Gasteiger partial charge is 0.238 e. The minimum Gasteiger partial charge on any atom is -0.393 e. The van der Waals surface area contributed by atoms with Crippen molar-refractivity contribution in [3.05, 3.63) is 30.3 Å². The molecule has 1 aromatic rings. The highest BCUT2D eigenvalue weighted by atomic mass is 16.3. The Morgan fingerprint density at radius 2 is 1.84 bits per heavy atom. The summed E-state index contributed by atoms with van der Waals surface area (Å²) in [5.74, 6) is 0.0412. The molecular formula is C15H20N2O2. The third-order valence-electron chi connectivity index (χ3n) is 4.24. The zero-order valence-electron chi connectivity index (χ0n) is 11.0. The lowest BCUT2D eigenvalue weighted by atomic mass is 10.00. The van der Waals surface area contributed by atoms with Gasteiger partial charge < -0.3 is 10.4 Å². The first-order valence-electron chi connectivity index (χ1n) is 7.01. The zero-order valence-corrected chi connectivity index (χ0v) is 11.0. The highest BCUT2D eigenvalue weighted by molar-refractivity contribution is 5.92. The van der Waals surface area contributed by atoms with E-state index in [1.54, 1.807) is 0 Å². The Kier molecular flexibility index (Phi) is 3.53. The van der Waals surface area contributed by atoms with Crippen LogP contribution in [0.5, 0.6) is 0 Å². The van der Waals surface area contributed by atoms with E-state index in [4.69, 9.17) is 0 Å². The Morgan fingerprint density at radius 3 is 2.47 bits per heavy atom. The maximum absolute atomic E-state index is 12.1. The predicted octanol–water partition coefficient (Wildman–Crippen LogP) is 1.61. The monoisotopic (exact) mass is 260 g/mol. The summed E-state index contributed by atoms with van der Waals surface area (Å²) in [5, 5.41) is 12.7. The number of nitrogens with zero attached hydrogens (tertiary/aromatic N) is 1. The van der Waals surface area contributed by atoms with Crippen LogP contribution in [0.15, 0.2) is 30.3 Å². The summed E-state index contributed by atoms with van der Waals surface area (Å²) in [7, 11) is 0. The van der Waals surface area contributed by atoms with Crippen molar-refractivity contribution >= 4 is 11.6 Å². The van der Waals surface area contributed by atoms with Crippen molar-refractivity contribution in [2.45, 2.75) is 43.9 Å². The molecule has 102 valence electrons. The molecule has 1 amide bonds. The van der Waals surface area contributed by atoms with Crippen LogP contribution in [-0.2, 0) is 4.79 Å². The van der Waals surface area contributed by atoms with Crippen molar-refractivity contribution in [1.29, 1.82) is 0 Å². The normalized spacial score (nSPS) is 30.3. The summed E-state index contributed by atoms with van der Waals surface area (Å²) < 4.78 is 0. The van der Waals surface area contributed by atoms with E-state index < -0.39 is 0 Å². The molecule has 2 bridgehead atoms. The van der Waals surface area contributed by atoms with E-state index in [0.717, 1.165) is 31.4 Å². The second kappa shape index (κ2) is 5.31. The SMILES string of the molecule is O=C(CN1C2CCC1CC(O)C2)Nc1ccccc1. The number of hydrogen-bond acceptors (Lipinski definition) is 3. The van der Waals surface area contributed by atoms with Gasteiger partial charge in [0.2, 0.25) is 5.91 Å². The van der Waals surface area contributed by atoms with Crippen molar-refractivity contribution in [3.63, 3.8) is 0 Å². The first kappa shape index (κ1) is 12.6. The zero-order chi connectivity index (χ0) is 13.2. The fourth-order valence-corrected chi connectivity index (χ4v) is 3.39. The van der Waals surface area contributed by atoms with Crippen molar-refractivity contribution in [2.24, 2.45) is 0 Å². The molecule has 2 saturated heterocycles. The molecule has 2 aliphatic heterocycles. The van der Waals surface area contributed by atoms with Gasteiger partial charge in [0.15, 0.2) is 0 Å². The number of benzene rings is 1. The summed E-state index contributed by atoms with van der Waals surface area (Å²) >= 11 is 0. The number of aliphatic hydroxyl groups excluding tert-OH is 1. The third-order valence-corrected chi connectivity index (χ3v) is 4.24. The molecular weight excluding hydrogens is 240 g/mol. The highest BCUT2D eigenvalue weighted by Gasteiger charge is 2.40. The number of piperidine rings is 1. The lowest BCUT2D eigenvalue weighted by Crippen LogP contribution is -2.47. The van der Waals surface area contributed by atoms with Crippen LogP contribution in [0.4, 0.5) is 5.69 Å². The second-order valence-electron chi connectivity index (χ2n) is 5.60. The lowest BCUT2D eigenvalue weighted by molar-refractivity contribution is -0.119. The molecule has 3 rings (SSSR count). The third kappa shape index (κ3) is 2.80. The Balaban J connectivity index is 1.58. The molecule has 4 heteroatoms. The number of aliphatic hydroxyl groups is 1. The first-order valence-corrected chi connectivity index (χ1v) is 7.01. The lowest BCUT2D eigenvalue weighted by Gasteiger charge is -2.36. The number of carbonyl (C=O) groups excluding carboxylic acids is 1. The minimum absolute atomic E-state index is 0.0412. The van der Waals surface area contributed by atoms with E-state index in [9.17, 15) is 9.90 Å². The molecule has 2 atom stereocenters. The Labute approximate surface area is 113 Å². The summed E-state index contributed by atoms with van der Waals surface area (Å²) in [6.45, 7) is 0.441. The number of fused-ring (bicyclic) bond motifs is 2. The fourth-order valence-electron chi connectivity index (χ4n) is 3.39. The molecule has 2 N–H and O–H groups in total. The molecule has 0 spiro atoms. The van der Waals surface area contributed by atoms with Gasteiger partial charge in [0.25, 0.3) is 0 Å². The summed E-state index contributed by atoms with van der Waals surface area (Å²) in [6.07, 6.45) is 3.68. The van der Waals surface area contributed by atoms with Crippen LogP contribution in [0.3, 0.4) is 0 Å². The Morgan fingerprint density at radius 1 is 1.21 bits per heavy atom. The van der Waals surface area contributed by atoms with Gasteiger partial charge in [0.1, 0.15) is 0 Å². The van der Waals surface area contributed by atoms with Crippen LogP contribution in [0.1, 0.15) is 25.7 Å². The van der Waals surface area contributed by atoms with Gasteiger partial charge in [-0.3, -0.25) is 9.69 Å². The number of para-hydroxylation sites is 1. The van der Waals surface area contributed by atoms with Gasteiger partial charge in [0.05, 0.1) is 12.6 Å². The van der Waals surface area contributed by atoms with Crippen molar-refractivity contribution < 1.29 is 9.90 Å². The topological polar surface area (TPSA) is 52.6 Å². The molecule has 1 aromatic carbocycles. The van der Waals surface area contributed by atoms with E-state index in [-0.39, 0.29) is 12.0 Å². The molecule has 2 aliphatic rings. The number of nitrogens with one attached hydrogen (secondary N) is 1. The molecule has 0 radical (unpaired) electrons. The van der Waals surface area contributed by atoms with Crippen molar-refractivity contribution in [3.8, 4) is 0 Å². The molecule has 19 heavy (non-hydrogen) atoms. The van der Waals surface area contributed by atoms with Gasteiger partial charge in [0, 0.05) is 17.8 Å². The van der Waals surface area contributed by atoms with Crippen molar-refractivity contribution in [2.75, 3.05) is 11.9 Å².